The van der Waals surface area contributed by atoms with Crippen molar-refractivity contribution >= 4 is 5.78 Å². The zero-order valence-electron chi connectivity index (χ0n) is 13.6. The molecule has 2 aliphatic heterocycles. The van der Waals surface area contributed by atoms with Crippen molar-refractivity contribution in [2.24, 2.45) is 5.41 Å². The molecule has 0 radical (unpaired) electrons. The van der Waals surface area contributed by atoms with Crippen LogP contribution in [0.4, 0.5) is 0 Å². The maximum absolute atomic E-state index is 12.7. The Hall–Kier alpha value is -0.530. The third-order valence-corrected chi connectivity index (χ3v) is 4.06. The largest absolute Gasteiger partial charge is 0.389 e. The van der Waals surface area contributed by atoms with Crippen LogP contribution in [0, 0.1) is 5.41 Å². The molecule has 2 fully saturated rings. The molecule has 0 aromatic heterocycles. The van der Waals surface area contributed by atoms with Gasteiger partial charge in [0.15, 0.2) is 17.4 Å². The van der Waals surface area contributed by atoms with Crippen LogP contribution >= 0.6 is 0 Å². The first kappa shape index (κ1) is 16.8. The monoisotopic (exact) mass is 302 g/mol. The molecule has 0 aliphatic carbocycles. The van der Waals surface area contributed by atoms with E-state index in [9.17, 15) is 9.90 Å². The summed E-state index contributed by atoms with van der Waals surface area (Å²) in [6.45, 7) is 11.0. The summed E-state index contributed by atoms with van der Waals surface area (Å²) in [5.41, 5.74) is -1.01. The number of rotatable bonds is 4. The molecule has 0 amide bonds. The second-order valence-electron chi connectivity index (χ2n) is 7.22. The summed E-state index contributed by atoms with van der Waals surface area (Å²) in [5.74, 6) is -1.69. The molecule has 2 saturated heterocycles. The number of aliphatic hydroxyl groups excluding tert-OH is 1. The number of carbonyl (C=O) groups is 1. The molecular formula is C15H26O6. The van der Waals surface area contributed by atoms with E-state index in [2.05, 4.69) is 0 Å². The fourth-order valence-corrected chi connectivity index (χ4v) is 2.71. The maximum atomic E-state index is 12.7. The second-order valence-corrected chi connectivity index (χ2v) is 7.22. The summed E-state index contributed by atoms with van der Waals surface area (Å²) >= 11 is 0. The number of Topliss-reactive ketones (excluding diaryl/α,β-unsaturated/α-hetero) is 1. The first-order chi connectivity index (χ1) is 9.45. The van der Waals surface area contributed by atoms with Gasteiger partial charge < -0.3 is 24.1 Å². The predicted octanol–water partition coefficient (Wildman–Crippen LogP) is 1.25. The van der Waals surface area contributed by atoms with E-state index in [1.165, 1.54) is 0 Å². The van der Waals surface area contributed by atoms with Crippen molar-refractivity contribution in [1.29, 1.82) is 0 Å². The Balaban J connectivity index is 2.05. The van der Waals surface area contributed by atoms with Crippen LogP contribution in [-0.2, 0) is 23.7 Å². The molecule has 21 heavy (non-hydrogen) atoms. The van der Waals surface area contributed by atoms with E-state index in [0.29, 0.717) is 0 Å². The Labute approximate surface area is 125 Å². The van der Waals surface area contributed by atoms with E-state index in [1.54, 1.807) is 41.5 Å². The Bertz CT molecular complexity index is 414. The summed E-state index contributed by atoms with van der Waals surface area (Å²) in [7, 11) is 0. The number of carbonyl (C=O) groups excluding carboxylic acids is 1. The van der Waals surface area contributed by atoms with Crippen molar-refractivity contribution in [3.63, 3.8) is 0 Å². The lowest BCUT2D eigenvalue weighted by Gasteiger charge is -2.34. The first-order valence-electron chi connectivity index (χ1n) is 7.30. The number of aliphatic hydroxyl groups is 1. The highest BCUT2D eigenvalue weighted by Crippen LogP contribution is 2.35. The van der Waals surface area contributed by atoms with Crippen LogP contribution in [0.2, 0.25) is 0 Å². The van der Waals surface area contributed by atoms with Gasteiger partial charge in [-0.2, -0.15) is 0 Å². The minimum absolute atomic E-state index is 0.186. The van der Waals surface area contributed by atoms with Crippen LogP contribution in [0.25, 0.3) is 0 Å². The van der Waals surface area contributed by atoms with Gasteiger partial charge in [-0.05, 0) is 27.7 Å². The molecule has 3 atom stereocenters. The van der Waals surface area contributed by atoms with Gasteiger partial charge in [-0.25, -0.2) is 0 Å². The number of hydrogen-bond acceptors (Lipinski definition) is 6. The summed E-state index contributed by atoms with van der Waals surface area (Å²) in [6, 6.07) is 0. The summed E-state index contributed by atoms with van der Waals surface area (Å²) in [6.07, 6.45) is -2.17. The summed E-state index contributed by atoms with van der Waals surface area (Å²) < 4.78 is 22.1. The molecule has 2 aliphatic rings. The van der Waals surface area contributed by atoms with Crippen molar-refractivity contribution in [3.05, 3.63) is 0 Å². The van der Waals surface area contributed by atoms with E-state index in [4.69, 9.17) is 18.9 Å². The molecule has 2 heterocycles. The lowest BCUT2D eigenvalue weighted by atomic mass is 9.77. The Kier molecular flexibility index (Phi) is 4.23. The van der Waals surface area contributed by atoms with Crippen molar-refractivity contribution in [1.82, 2.24) is 0 Å². The van der Waals surface area contributed by atoms with Gasteiger partial charge in [-0.15, -0.1) is 0 Å². The van der Waals surface area contributed by atoms with Crippen LogP contribution < -0.4 is 0 Å². The van der Waals surface area contributed by atoms with Crippen LogP contribution in [-0.4, -0.2) is 54.0 Å². The lowest BCUT2D eigenvalue weighted by molar-refractivity contribution is -0.174. The van der Waals surface area contributed by atoms with Gasteiger partial charge in [-0.3, -0.25) is 4.79 Å². The Morgan fingerprint density at radius 1 is 1.10 bits per heavy atom. The average molecular weight is 302 g/mol. The topological polar surface area (TPSA) is 74.2 Å². The summed E-state index contributed by atoms with van der Waals surface area (Å²) in [5, 5.41) is 10.5. The fraction of sp³-hybridized carbons (Fsp3) is 0.933. The minimum atomic E-state index is -1.01. The Morgan fingerprint density at radius 2 is 1.62 bits per heavy atom. The van der Waals surface area contributed by atoms with Gasteiger partial charge in [0.25, 0.3) is 0 Å². The van der Waals surface area contributed by atoms with Gasteiger partial charge in [0.2, 0.25) is 0 Å². The normalized spacial score (nSPS) is 33.1. The molecule has 6 heteroatoms. The standard InChI is InChI=1S/C15H26O6/c1-13(2,11(16)9-7-18-14(3,4)20-9)12(17)10-8-19-15(5,6)21-10/h9-11,16H,7-8H2,1-6H3/t9-,10-,11+/m1/s1. The van der Waals surface area contributed by atoms with Crippen LogP contribution in [0.1, 0.15) is 41.5 Å². The van der Waals surface area contributed by atoms with Crippen LogP contribution in [0.3, 0.4) is 0 Å². The highest BCUT2D eigenvalue weighted by Gasteiger charge is 2.50. The third-order valence-electron chi connectivity index (χ3n) is 4.06. The van der Waals surface area contributed by atoms with Crippen molar-refractivity contribution in [3.8, 4) is 0 Å². The number of ketones is 1. The quantitative estimate of drug-likeness (QED) is 0.842. The van der Waals surface area contributed by atoms with E-state index in [-0.39, 0.29) is 19.0 Å². The second kappa shape index (κ2) is 5.28. The molecule has 0 aromatic carbocycles. The van der Waals surface area contributed by atoms with E-state index < -0.39 is 35.3 Å². The molecule has 1 N–H and O–H groups in total. The molecule has 0 unspecified atom stereocenters. The van der Waals surface area contributed by atoms with E-state index in [1.807, 2.05) is 0 Å². The molecule has 6 nitrogen and oxygen atoms in total. The van der Waals surface area contributed by atoms with Gasteiger partial charge >= 0.3 is 0 Å². The predicted molar refractivity (Wildman–Crippen MR) is 74.6 cm³/mol. The number of ether oxygens (including phenoxy) is 4. The van der Waals surface area contributed by atoms with Crippen molar-refractivity contribution < 1.29 is 28.8 Å². The zero-order chi connectivity index (χ0) is 16.1. The molecule has 0 aromatic rings. The average Bonchev–Trinajstić information content (AvgIpc) is 2.89. The van der Waals surface area contributed by atoms with Crippen LogP contribution in [0.15, 0.2) is 0 Å². The highest BCUT2D eigenvalue weighted by atomic mass is 16.8. The fourth-order valence-electron chi connectivity index (χ4n) is 2.71. The zero-order valence-corrected chi connectivity index (χ0v) is 13.6. The Morgan fingerprint density at radius 3 is 2.05 bits per heavy atom. The lowest BCUT2D eigenvalue weighted by Crippen LogP contribution is -2.50. The highest BCUT2D eigenvalue weighted by molar-refractivity contribution is 5.89. The molecule has 0 spiro atoms. The van der Waals surface area contributed by atoms with E-state index >= 15 is 0 Å². The van der Waals surface area contributed by atoms with Gasteiger partial charge in [0.05, 0.1) is 24.7 Å². The van der Waals surface area contributed by atoms with Crippen LogP contribution in [0.5, 0.6) is 0 Å². The van der Waals surface area contributed by atoms with Crippen molar-refractivity contribution in [2.45, 2.75) is 71.4 Å². The summed E-state index contributed by atoms with van der Waals surface area (Å²) in [4.78, 5) is 12.7. The molecular weight excluding hydrogens is 276 g/mol. The van der Waals surface area contributed by atoms with Gasteiger partial charge in [-0.1, -0.05) is 13.8 Å². The van der Waals surface area contributed by atoms with Crippen molar-refractivity contribution in [2.75, 3.05) is 13.2 Å². The third kappa shape index (κ3) is 3.46. The SMILES string of the molecule is CC1(C)OC[C@H](C(=O)C(C)(C)[C@@H](O)[C@H]2COC(C)(C)O2)O1. The molecule has 2 rings (SSSR count). The smallest absolute Gasteiger partial charge is 0.172 e. The first-order valence-corrected chi connectivity index (χ1v) is 7.30. The molecule has 0 saturated carbocycles. The molecule has 122 valence electrons. The van der Waals surface area contributed by atoms with Gasteiger partial charge in [0.1, 0.15) is 12.2 Å². The van der Waals surface area contributed by atoms with E-state index in [0.717, 1.165) is 0 Å². The number of hydrogen-bond donors (Lipinski definition) is 1. The minimum Gasteiger partial charge on any atom is -0.389 e. The molecule has 0 bridgehead atoms. The van der Waals surface area contributed by atoms with Gasteiger partial charge in [0, 0.05) is 0 Å². The maximum Gasteiger partial charge on any atom is 0.172 e.